The molecule has 2 N–H and O–H groups in total. The number of amides is 1. The lowest BCUT2D eigenvalue weighted by atomic mass is 10.1. The highest BCUT2D eigenvalue weighted by atomic mass is 32.1. The number of hydrogen-bond acceptors (Lipinski definition) is 7. The molecule has 1 aromatic carbocycles. The first-order valence-corrected chi connectivity index (χ1v) is 11.9. The summed E-state index contributed by atoms with van der Waals surface area (Å²) in [6, 6.07) is 10.9. The first kappa shape index (κ1) is 21.9. The van der Waals surface area contributed by atoms with Gasteiger partial charge in [-0.1, -0.05) is 25.1 Å². The number of rotatable bonds is 7. The van der Waals surface area contributed by atoms with Gasteiger partial charge in [0.25, 0.3) is 5.91 Å². The molecule has 7 nitrogen and oxygen atoms in total. The number of carbonyl (C=O) groups excluding carboxylic acids is 2. The highest BCUT2D eigenvalue weighted by Gasteiger charge is 2.23. The molecule has 1 unspecified atom stereocenters. The number of H-pyrrole nitrogens is 1. The standard InChI is InChI=1S/C23H22N4O3S2/c1-4-18(21(28)27-23-26-17(12-32-23)19-6-5-11-31-19)30-22(29)16-9-7-15(8-10-16)20-24-13(2)14(3)25-20/h5-12,18H,4H2,1-3H3,(H,24,25)(H,26,27,28). The largest absolute Gasteiger partial charge is 0.449 e. The van der Waals surface area contributed by atoms with E-state index in [0.717, 1.165) is 33.3 Å². The van der Waals surface area contributed by atoms with Gasteiger partial charge in [0.05, 0.1) is 21.8 Å². The monoisotopic (exact) mass is 466 g/mol. The molecule has 4 aromatic rings. The van der Waals surface area contributed by atoms with E-state index in [1.54, 1.807) is 42.5 Å². The number of aromatic amines is 1. The number of imidazole rings is 1. The van der Waals surface area contributed by atoms with E-state index in [0.29, 0.717) is 17.1 Å². The third kappa shape index (κ3) is 4.79. The van der Waals surface area contributed by atoms with Crippen LogP contribution in [0.2, 0.25) is 0 Å². The van der Waals surface area contributed by atoms with Gasteiger partial charge in [0, 0.05) is 16.6 Å². The van der Waals surface area contributed by atoms with Gasteiger partial charge in [-0.3, -0.25) is 10.1 Å². The van der Waals surface area contributed by atoms with Crippen molar-refractivity contribution in [2.45, 2.75) is 33.3 Å². The smallest absolute Gasteiger partial charge is 0.338 e. The second-order valence-corrected chi connectivity index (χ2v) is 8.99. The van der Waals surface area contributed by atoms with Gasteiger partial charge in [0.1, 0.15) is 5.82 Å². The number of nitrogens with zero attached hydrogens (tertiary/aromatic N) is 2. The van der Waals surface area contributed by atoms with Crippen molar-refractivity contribution in [2.75, 3.05) is 5.32 Å². The van der Waals surface area contributed by atoms with Crippen molar-refractivity contribution in [1.82, 2.24) is 15.0 Å². The SMILES string of the molecule is CCC(OC(=O)c1ccc(-c2nc(C)c(C)[nH]2)cc1)C(=O)Nc1nc(-c2cccs2)cs1. The van der Waals surface area contributed by atoms with Gasteiger partial charge in [-0.2, -0.15) is 0 Å². The van der Waals surface area contributed by atoms with E-state index in [4.69, 9.17) is 4.74 Å². The minimum atomic E-state index is -0.911. The average Bonchev–Trinajstić information content (AvgIpc) is 3.54. The number of anilines is 1. The van der Waals surface area contributed by atoms with E-state index >= 15 is 0 Å². The Balaban J connectivity index is 1.39. The van der Waals surface area contributed by atoms with Crippen molar-refractivity contribution in [2.24, 2.45) is 0 Å². The highest BCUT2D eigenvalue weighted by Crippen LogP contribution is 2.28. The number of aromatic nitrogens is 3. The van der Waals surface area contributed by atoms with Crippen molar-refractivity contribution >= 4 is 39.7 Å². The molecule has 9 heteroatoms. The number of hydrogen-bond donors (Lipinski definition) is 2. The molecule has 0 aliphatic rings. The summed E-state index contributed by atoms with van der Waals surface area (Å²) in [5.41, 5.74) is 3.99. The summed E-state index contributed by atoms with van der Waals surface area (Å²) < 4.78 is 5.47. The maximum Gasteiger partial charge on any atom is 0.338 e. The van der Waals surface area contributed by atoms with Gasteiger partial charge in [-0.25, -0.2) is 14.8 Å². The van der Waals surface area contributed by atoms with E-state index in [1.165, 1.54) is 11.3 Å². The summed E-state index contributed by atoms with van der Waals surface area (Å²) in [7, 11) is 0. The lowest BCUT2D eigenvalue weighted by molar-refractivity contribution is -0.124. The molecule has 0 fully saturated rings. The zero-order valence-electron chi connectivity index (χ0n) is 17.8. The Kier molecular flexibility index (Phi) is 6.48. The van der Waals surface area contributed by atoms with Crippen molar-refractivity contribution < 1.29 is 14.3 Å². The molecule has 3 aromatic heterocycles. The highest BCUT2D eigenvalue weighted by molar-refractivity contribution is 7.16. The van der Waals surface area contributed by atoms with Gasteiger partial charge in [-0.05, 0) is 43.8 Å². The number of ether oxygens (including phenoxy) is 1. The zero-order valence-corrected chi connectivity index (χ0v) is 19.5. The molecule has 1 atom stereocenters. The molecule has 0 aliphatic carbocycles. The second-order valence-electron chi connectivity index (χ2n) is 7.18. The molecule has 0 bridgehead atoms. The van der Waals surface area contributed by atoms with Gasteiger partial charge in [0.15, 0.2) is 11.2 Å². The quantitative estimate of drug-likeness (QED) is 0.353. The lowest BCUT2D eigenvalue weighted by Crippen LogP contribution is -2.32. The Hall–Kier alpha value is -3.30. The second kappa shape index (κ2) is 9.46. The minimum absolute atomic E-state index is 0.351. The van der Waals surface area contributed by atoms with Crippen LogP contribution in [-0.4, -0.2) is 32.9 Å². The van der Waals surface area contributed by atoms with Crippen LogP contribution in [0.4, 0.5) is 5.13 Å². The molecule has 3 heterocycles. The molecular weight excluding hydrogens is 444 g/mol. The van der Waals surface area contributed by atoms with Crippen molar-refractivity contribution in [3.8, 4) is 22.0 Å². The van der Waals surface area contributed by atoms with E-state index < -0.39 is 18.0 Å². The van der Waals surface area contributed by atoms with E-state index in [1.807, 2.05) is 36.7 Å². The Bertz CT molecular complexity index is 1210. The number of thiophene rings is 1. The summed E-state index contributed by atoms with van der Waals surface area (Å²) in [6.07, 6.45) is -0.560. The summed E-state index contributed by atoms with van der Waals surface area (Å²) in [6.45, 7) is 5.69. The zero-order chi connectivity index (χ0) is 22.7. The molecule has 0 aliphatic heterocycles. The van der Waals surface area contributed by atoms with Crippen LogP contribution >= 0.6 is 22.7 Å². The van der Waals surface area contributed by atoms with Gasteiger partial charge < -0.3 is 9.72 Å². The van der Waals surface area contributed by atoms with E-state index in [9.17, 15) is 9.59 Å². The van der Waals surface area contributed by atoms with Crippen molar-refractivity contribution in [3.63, 3.8) is 0 Å². The fourth-order valence-corrected chi connectivity index (χ4v) is 4.50. The molecular formula is C23H22N4O3S2. The van der Waals surface area contributed by atoms with Gasteiger partial charge in [-0.15, -0.1) is 22.7 Å². The third-order valence-corrected chi connectivity index (χ3v) is 6.59. The summed E-state index contributed by atoms with van der Waals surface area (Å²) in [5.74, 6) is -0.203. The third-order valence-electron chi connectivity index (χ3n) is 4.94. The molecule has 164 valence electrons. The summed E-state index contributed by atoms with van der Waals surface area (Å²) >= 11 is 2.92. The van der Waals surface area contributed by atoms with Crippen LogP contribution in [0.5, 0.6) is 0 Å². The van der Waals surface area contributed by atoms with Gasteiger partial charge in [0.2, 0.25) is 0 Å². The Morgan fingerprint density at radius 1 is 1.12 bits per heavy atom. The van der Waals surface area contributed by atoms with Crippen LogP contribution in [0.15, 0.2) is 47.2 Å². The predicted octanol–water partition coefficient (Wildman–Crippen LogP) is 5.45. The number of benzene rings is 1. The van der Waals surface area contributed by atoms with Crippen LogP contribution in [0.3, 0.4) is 0 Å². The van der Waals surface area contributed by atoms with Gasteiger partial charge >= 0.3 is 5.97 Å². The lowest BCUT2D eigenvalue weighted by Gasteiger charge is -2.15. The topological polar surface area (TPSA) is 97.0 Å². The molecule has 1 amide bonds. The van der Waals surface area contributed by atoms with Crippen LogP contribution in [0.1, 0.15) is 35.1 Å². The van der Waals surface area contributed by atoms with Crippen molar-refractivity contribution in [1.29, 1.82) is 0 Å². The maximum atomic E-state index is 12.6. The van der Waals surface area contributed by atoms with Crippen LogP contribution in [0, 0.1) is 13.8 Å². The Morgan fingerprint density at radius 2 is 1.91 bits per heavy atom. The number of carbonyl (C=O) groups is 2. The van der Waals surface area contributed by atoms with Crippen LogP contribution < -0.4 is 5.32 Å². The number of aryl methyl sites for hydroxylation is 2. The average molecular weight is 467 g/mol. The fourth-order valence-electron chi connectivity index (χ4n) is 3.02. The molecule has 0 saturated heterocycles. The number of nitrogens with one attached hydrogen (secondary N) is 2. The number of esters is 1. The summed E-state index contributed by atoms with van der Waals surface area (Å²) in [5, 5.41) is 7.09. The van der Waals surface area contributed by atoms with Crippen LogP contribution in [0.25, 0.3) is 22.0 Å². The molecule has 0 spiro atoms. The van der Waals surface area contributed by atoms with Crippen LogP contribution in [-0.2, 0) is 9.53 Å². The maximum absolute atomic E-state index is 12.6. The molecule has 0 saturated carbocycles. The minimum Gasteiger partial charge on any atom is -0.449 e. The molecule has 32 heavy (non-hydrogen) atoms. The fraction of sp³-hybridized carbons (Fsp3) is 0.217. The summed E-state index contributed by atoms with van der Waals surface area (Å²) in [4.78, 5) is 38.4. The first-order chi connectivity index (χ1) is 15.4. The molecule has 0 radical (unpaired) electrons. The number of thiazole rings is 1. The van der Waals surface area contributed by atoms with E-state index in [-0.39, 0.29) is 0 Å². The van der Waals surface area contributed by atoms with Crippen molar-refractivity contribution in [3.05, 3.63) is 64.1 Å². The normalized spacial score (nSPS) is 11.8. The predicted molar refractivity (Wildman–Crippen MR) is 127 cm³/mol. The van der Waals surface area contributed by atoms with E-state index in [2.05, 4.69) is 20.3 Å². The Morgan fingerprint density at radius 3 is 2.53 bits per heavy atom. The molecule has 4 rings (SSSR count). The Labute approximate surface area is 193 Å². The first-order valence-electron chi connectivity index (χ1n) is 10.1.